The Bertz CT molecular complexity index is 230. The average molecular weight is 225 g/mol. The van der Waals surface area contributed by atoms with Crippen LogP contribution in [0.5, 0.6) is 0 Å². The van der Waals surface area contributed by atoms with Crippen LogP contribution in [0.4, 0.5) is 13.2 Å². The second-order valence-electron chi connectivity index (χ2n) is 3.65. The van der Waals surface area contributed by atoms with Crippen LogP contribution in [-0.4, -0.2) is 31.3 Å². The number of alkyl halides is 3. The number of ether oxygens (including phenoxy) is 1. The number of carbonyl (C=O) groups excluding carboxylic acids is 1. The first-order valence-electron chi connectivity index (χ1n) is 4.83. The third-order valence-corrected chi connectivity index (χ3v) is 2.56. The first kappa shape index (κ1) is 12.3. The molecular formula is C9H14F3NO2. The van der Waals surface area contributed by atoms with Crippen molar-refractivity contribution in [2.75, 3.05) is 7.11 Å². The first-order chi connectivity index (χ1) is 6.93. The molecule has 1 N–H and O–H groups in total. The minimum absolute atomic E-state index is 0.0926. The Hall–Kier alpha value is -0.780. The van der Waals surface area contributed by atoms with Crippen LogP contribution in [0.15, 0.2) is 0 Å². The van der Waals surface area contributed by atoms with Crippen LogP contribution in [-0.2, 0) is 9.53 Å². The average Bonchev–Trinajstić information content (AvgIpc) is 2.61. The fraction of sp³-hybridized carbons (Fsp3) is 0.889. The summed E-state index contributed by atoms with van der Waals surface area (Å²) in [6.45, 7) is 0. The van der Waals surface area contributed by atoms with E-state index < -0.39 is 12.2 Å². The monoisotopic (exact) mass is 225 g/mol. The highest BCUT2D eigenvalue weighted by Crippen LogP contribution is 2.29. The van der Waals surface area contributed by atoms with Crippen LogP contribution in [0.25, 0.3) is 0 Å². The molecular weight excluding hydrogens is 211 g/mol. The number of rotatable bonds is 3. The largest absolute Gasteiger partial charge is 0.469 e. The van der Waals surface area contributed by atoms with Crippen molar-refractivity contribution in [1.29, 1.82) is 0 Å². The summed E-state index contributed by atoms with van der Waals surface area (Å²) in [7, 11) is 1.27. The Balaban J connectivity index is 2.28. The summed E-state index contributed by atoms with van der Waals surface area (Å²) in [5.41, 5.74) is 0. The van der Waals surface area contributed by atoms with Gasteiger partial charge in [-0.1, -0.05) is 0 Å². The van der Waals surface area contributed by atoms with Crippen LogP contribution >= 0.6 is 0 Å². The molecule has 0 aliphatic carbocycles. The zero-order valence-corrected chi connectivity index (χ0v) is 8.43. The Morgan fingerprint density at radius 3 is 2.60 bits per heavy atom. The lowest BCUT2D eigenvalue weighted by atomic mass is 10.1. The Morgan fingerprint density at radius 2 is 2.13 bits per heavy atom. The number of nitrogens with one attached hydrogen (secondary N) is 1. The van der Waals surface area contributed by atoms with Crippen LogP contribution < -0.4 is 5.32 Å². The van der Waals surface area contributed by atoms with Crippen LogP contribution in [0.1, 0.15) is 25.7 Å². The van der Waals surface area contributed by atoms with Crippen molar-refractivity contribution >= 4 is 5.97 Å². The van der Waals surface area contributed by atoms with Gasteiger partial charge >= 0.3 is 12.1 Å². The molecule has 0 amide bonds. The maximum absolute atomic E-state index is 12.2. The van der Waals surface area contributed by atoms with E-state index in [1.165, 1.54) is 7.11 Å². The predicted octanol–water partition coefficient (Wildman–Crippen LogP) is 1.62. The first-order valence-corrected chi connectivity index (χ1v) is 4.83. The van der Waals surface area contributed by atoms with Gasteiger partial charge in [-0.15, -0.1) is 0 Å². The maximum Gasteiger partial charge on any atom is 0.403 e. The van der Waals surface area contributed by atoms with Crippen molar-refractivity contribution in [3.8, 4) is 0 Å². The minimum atomic E-state index is -4.18. The third-order valence-electron chi connectivity index (χ3n) is 2.56. The molecule has 0 aromatic rings. The van der Waals surface area contributed by atoms with Crippen molar-refractivity contribution in [3.63, 3.8) is 0 Å². The summed E-state index contributed by atoms with van der Waals surface area (Å²) in [4.78, 5) is 10.8. The molecule has 0 bridgehead atoms. The molecule has 0 saturated carbocycles. The molecule has 1 rings (SSSR count). The van der Waals surface area contributed by atoms with Gasteiger partial charge in [-0.2, -0.15) is 13.2 Å². The van der Waals surface area contributed by atoms with Crippen molar-refractivity contribution in [2.24, 2.45) is 0 Å². The highest BCUT2D eigenvalue weighted by atomic mass is 19.4. The fourth-order valence-corrected chi connectivity index (χ4v) is 1.70. The van der Waals surface area contributed by atoms with E-state index in [4.69, 9.17) is 0 Å². The fourth-order valence-electron chi connectivity index (χ4n) is 1.70. The van der Waals surface area contributed by atoms with E-state index in [-0.39, 0.29) is 24.9 Å². The van der Waals surface area contributed by atoms with E-state index in [1.54, 1.807) is 0 Å². The standard InChI is InChI=1S/C9H14F3NO2/c1-15-8(14)5-3-6-2-4-7(13-6)9(10,11)12/h6-7,13H,2-5H2,1H3/t6-,7+/m0/s1. The van der Waals surface area contributed by atoms with Crippen molar-refractivity contribution in [3.05, 3.63) is 0 Å². The van der Waals surface area contributed by atoms with Gasteiger partial charge in [-0.25, -0.2) is 0 Å². The topological polar surface area (TPSA) is 38.3 Å². The van der Waals surface area contributed by atoms with Crippen LogP contribution in [0, 0.1) is 0 Å². The molecule has 0 unspecified atom stereocenters. The van der Waals surface area contributed by atoms with E-state index in [9.17, 15) is 18.0 Å². The SMILES string of the molecule is COC(=O)CC[C@@H]1CC[C@H](C(F)(F)F)N1. The van der Waals surface area contributed by atoms with Gasteiger partial charge < -0.3 is 10.1 Å². The lowest BCUT2D eigenvalue weighted by Crippen LogP contribution is -2.40. The maximum atomic E-state index is 12.2. The molecule has 15 heavy (non-hydrogen) atoms. The molecule has 0 radical (unpaired) electrons. The molecule has 1 fully saturated rings. The van der Waals surface area contributed by atoms with E-state index in [0.29, 0.717) is 12.8 Å². The number of carbonyl (C=O) groups is 1. The Labute approximate surface area is 86.0 Å². The number of hydrogen-bond donors (Lipinski definition) is 1. The third kappa shape index (κ3) is 3.70. The summed E-state index contributed by atoms with van der Waals surface area (Å²) in [5, 5.41) is 2.48. The normalized spacial score (nSPS) is 26.7. The van der Waals surface area contributed by atoms with Crippen molar-refractivity contribution in [2.45, 2.75) is 43.9 Å². The second-order valence-corrected chi connectivity index (χ2v) is 3.65. The second kappa shape index (κ2) is 4.83. The van der Waals surface area contributed by atoms with E-state index in [1.807, 2.05) is 0 Å². The Kier molecular flexibility index (Phi) is 3.96. The van der Waals surface area contributed by atoms with Gasteiger partial charge in [-0.3, -0.25) is 4.79 Å². The summed E-state index contributed by atoms with van der Waals surface area (Å²) in [6.07, 6.45) is -3.06. The molecule has 88 valence electrons. The highest BCUT2D eigenvalue weighted by Gasteiger charge is 2.43. The van der Waals surface area contributed by atoms with Gasteiger partial charge in [0.2, 0.25) is 0 Å². The van der Waals surface area contributed by atoms with Crippen LogP contribution in [0.3, 0.4) is 0 Å². The Morgan fingerprint density at radius 1 is 1.47 bits per heavy atom. The van der Waals surface area contributed by atoms with E-state index in [2.05, 4.69) is 10.1 Å². The molecule has 0 aromatic carbocycles. The van der Waals surface area contributed by atoms with Gasteiger partial charge in [0.25, 0.3) is 0 Å². The molecule has 0 spiro atoms. The number of halogens is 3. The minimum Gasteiger partial charge on any atom is -0.469 e. The molecule has 2 atom stereocenters. The number of methoxy groups -OCH3 is 1. The number of esters is 1. The molecule has 3 nitrogen and oxygen atoms in total. The van der Waals surface area contributed by atoms with E-state index in [0.717, 1.165) is 0 Å². The van der Waals surface area contributed by atoms with Gasteiger partial charge in [0.05, 0.1) is 7.11 Å². The smallest absolute Gasteiger partial charge is 0.403 e. The molecule has 1 heterocycles. The zero-order valence-electron chi connectivity index (χ0n) is 8.43. The van der Waals surface area contributed by atoms with Gasteiger partial charge in [0.15, 0.2) is 0 Å². The molecule has 6 heteroatoms. The van der Waals surface area contributed by atoms with Crippen LogP contribution in [0.2, 0.25) is 0 Å². The summed E-state index contributed by atoms with van der Waals surface area (Å²) >= 11 is 0. The molecule has 1 saturated heterocycles. The van der Waals surface area contributed by atoms with E-state index >= 15 is 0 Å². The molecule has 1 aliphatic heterocycles. The quantitative estimate of drug-likeness (QED) is 0.742. The lowest BCUT2D eigenvalue weighted by molar-refractivity contribution is -0.152. The van der Waals surface area contributed by atoms with Crippen molar-refractivity contribution in [1.82, 2.24) is 5.32 Å². The summed E-state index contributed by atoms with van der Waals surface area (Å²) < 4.78 is 41.2. The molecule has 1 aliphatic rings. The predicted molar refractivity (Wildman–Crippen MR) is 47.3 cm³/mol. The number of hydrogen-bond acceptors (Lipinski definition) is 3. The molecule has 0 aromatic heterocycles. The van der Waals surface area contributed by atoms with Gasteiger partial charge in [0, 0.05) is 12.5 Å². The summed E-state index contributed by atoms with van der Waals surface area (Å²) in [5.74, 6) is -0.382. The summed E-state index contributed by atoms with van der Waals surface area (Å²) in [6, 6.07) is -1.64. The van der Waals surface area contributed by atoms with Gasteiger partial charge in [0.1, 0.15) is 6.04 Å². The lowest BCUT2D eigenvalue weighted by Gasteiger charge is -2.16. The zero-order chi connectivity index (χ0) is 11.5. The van der Waals surface area contributed by atoms with Crippen molar-refractivity contribution < 1.29 is 22.7 Å². The highest BCUT2D eigenvalue weighted by molar-refractivity contribution is 5.69. The van der Waals surface area contributed by atoms with Gasteiger partial charge in [-0.05, 0) is 19.3 Å².